The van der Waals surface area contributed by atoms with Gasteiger partial charge >= 0.3 is 5.97 Å². The van der Waals surface area contributed by atoms with E-state index in [1.165, 1.54) is 116 Å². The summed E-state index contributed by atoms with van der Waals surface area (Å²) in [6.45, 7) is 6.32. The molecule has 0 aromatic carbocycles. The third-order valence-corrected chi connectivity index (χ3v) is 11.4. The van der Waals surface area contributed by atoms with Crippen molar-refractivity contribution in [2.24, 2.45) is 0 Å². The number of ether oxygens (including phenoxy) is 1. The molecule has 0 aliphatic carbocycles. The van der Waals surface area contributed by atoms with E-state index in [9.17, 15) is 19.8 Å². The van der Waals surface area contributed by atoms with E-state index < -0.39 is 18.2 Å². The van der Waals surface area contributed by atoms with Gasteiger partial charge < -0.3 is 20.3 Å². The van der Waals surface area contributed by atoms with Crippen LogP contribution in [-0.4, -0.2) is 46.9 Å². The Morgan fingerprint density at radius 2 is 0.967 bits per heavy atom. The van der Waals surface area contributed by atoms with Crippen LogP contribution in [0, 0.1) is 0 Å². The molecule has 0 aliphatic heterocycles. The Morgan fingerprint density at radius 1 is 0.517 bits per heavy atom. The van der Waals surface area contributed by atoms with Crippen molar-refractivity contribution in [2.45, 2.75) is 264 Å². The Labute approximate surface area is 371 Å². The molecular weight excluding hydrogens is 743 g/mol. The fourth-order valence-corrected chi connectivity index (χ4v) is 7.52. The molecule has 1 amide bonds. The lowest BCUT2D eigenvalue weighted by molar-refractivity contribution is -0.151. The van der Waals surface area contributed by atoms with Gasteiger partial charge in [-0.15, -0.1) is 0 Å². The van der Waals surface area contributed by atoms with E-state index in [4.69, 9.17) is 4.74 Å². The summed E-state index contributed by atoms with van der Waals surface area (Å²) in [4.78, 5) is 26.1. The number of carbonyl (C=O) groups excluding carboxylic acids is 2. The number of nitrogens with one attached hydrogen (secondary N) is 1. The molecule has 6 nitrogen and oxygen atoms in total. The molecule has 0 rings (SSSR count). The zero-order chi connectivity index (χ0) is 43.8. The number of esters is 1. The molecule has 0 spiro atoms. The Kier molecular flexibility index (Phi) is 45.7. The smallest absolute Gasteiger partial charge is 0.306 e. The number of unbranched alkanes of at least 4 members (excludes halogenated alkanes) is 25. The van der Waals surface area contributed by atoms with Crippen molar-refractivity contribution in [3.05, 3.63) is 60.8 Å². The average Bonchev–Trinajstić information content (AvgIpc) is 3.24. The highest BCUT2D eigenvalue weighted by Gasteiger charge is 2.24. The molecule has 0 aromatic heterocycles. The van der Waals surface area contributed by atoms with E-state index in [-0.39, 0.29) is 24.9 Å². The van der Waals surface area contributed by atoms with Crippen molar-refractivity contribution in [1.29, 1.82) is 0 Å². The number of rotatable bonds is 45. The van der Waals surface area contributed by atoms with Crippen LogP contribution in [0.5, 0.6) is 0 Å². The van der Waals surface area contributed by atoms with Crippen LogP contribution in [0.2, 0.25) is 0 Å². The van der Waals surface area contributed by atoms with Gasteiger partial charge in [-0.3, -0.25) is 9.59 Å². The molecular formula is C54H97NO5. The number of hydrogen-bond acceptors (Lipinski definition) is 5. The second kappa shape index (κ2) is 47.6. The molecule has 0 fully saturated rings. The van der Waals surface area contributed by atoms with E-state index >= 15 is 0 Å². The number of aliphatic hydroxyl groups is 2. The summed E-state index contributed by atoms with van der Waals surface area (Å²) in [5.74, 6) is -0.500. The SMILES string of the molecule is CC/C=C/C=C/C=C/CCCCCCCCCC(=O)OC(CCCCCCC/C=C\C/C=C\CCCCC)CC(=O)NC(CO)C(O)CCCCCCCCCCCCC. The van der Waals surface area contributed by atoms with Crippen LogP contribution in [-0.2, 0) is 14.3 Å². The highest BCUT2D eigenvalue weighted by Crippen LogP contribution is 2.18. The molecule has 0 aliphatic rings. The van der Waals surface area contributed by atoms with E-state index in [0.717, 1.165) is 83.5 Å². The van der Waals surface area contributed by atoms with Crippen molar-refractivity contribution in [3.63, 3.8) is 0 Å². The minimum atomic E-state index is -0.794. The molecule has 348 valence electrons. The van der Waals surface area contributed by atoms with Crippen LogP contribution in [0.4, 0.5) is 0 Å². The molecule has 3 N–H and O–H groups in total. The fourth-order valence-electron chi connectivity index (χ4n) is 7.52. The standard InChI is InChI=1S/C54H97NO5/c1-4-7-10-13-16-19-22-24-26-28-31-33-36-39-42-45-50(60-54(59)47-44-41-38-35-32-29-27-25-23-20-17-14-11-8-5-2)48-53(58)55-51(49-56)52(57)46-43-40-37-34-30-21-18-15-12-9-6-3/h8,11,14,16-17,19-20,23-24,26,50-52,56-57H,4-7,9-10,12-13,15,18,21-22,25,27-49H2,1-3H3,(H,55,58)/b11-8+,17-14+,19-16-,23-20+,26-24-. The fraction of sp³-hybridized carbons (Fsp3) is 0.778. The molecule has 0 saturated carbocycles. The average molecular weight is 840 g/mol. The van der Waals surface area contributed by atoms with Crippen LogP contribution in [0.15, 0.2) is 60.8 Å². The van der Waals surface area contributed by atoms with Crippen LogP contribution in [0.1, 0.15) is 245 Å². The predicted molar refractivity (Wildman–Crippen MR) is 259 cm³/mol. The van der Waals surface area contributed by atoms with E-state index in [1.807, 2.05) is 0 Å². The van der Waals surface area contributed by atoms with Gasteiger partial charge in [0.1, 0.15) is 6.10 Å². The summed E-state index contributed by atoms with van der Waals surface area (Å²) < 4.78 is 5.92. The number of amides is 1. The second-order valence-corrected chi connectivity index (χ2v) is 17.2. The third kappa shape index (κ3) is 42.3. The monoisotopic (exact) mass is 840 g/mol. The van der Waals surface area contributed by atoms with Gasteiger partial charge in [0.2, 0.25) is 5.91 Å². The van der Waals surface area contributed by atoms with Crippen molar-refractivity contribution < 1.29 is 24.5 Å². The van der Waals surface area contributed by atoms with Crippen molar-refractivity contribution in [3.8, 4) is 0 Å². The van der Waals surface area contributed by atoms with Gasteiger partial charge in [-0.25, -0.2) is 0 Å². The molecule has 3 atom stereocenters. The summed E-state index contributed by atoms with van der Waals surface area (Å²) in [5.41, 5.74) is 0. The quantitative estimate of drug-likeness (QED) is 0.0246. The number of hydrogen-bond donors (Lipinski definition) is 3. The van der Waals surface area contributed by atoms with Crippen LogP contribution in [0.25, 0.3) is 0 Å². The summed E-state index contributed by atoms with van der Waals surface area (Å²) in [6.07, 6.45) is 58.4. The van der Waals surface area contributed by atoms with Crippen LogP contribution >= 0.6 is 0 Å². The lowest BCUT2D eigenvalue weighted by atomic mass is 10.0. The summed E-state index contributed by atoms with van der Waals surface area (Å²) in [7, 11) is 0. The first-order chi connectivity index (χ1) is 29.5. The van der Waals surface area contributed by atoms with Gasteiger partial charge in [0.15, 0.2) is 0 Å². The largest absolute Gasteiger partial charge is 0.462 e. The molecule has 0 heterocycles. The van der Waals surface area contributed by atoms with Gasteiger partial charge in [0.05, 0.1) is 25.2 Å². The Bertz CT molecular complexity index is 1080. The molecule has 0 aromatic rings. The molecule has 60 heavy (non-hydrogen) atoms. The topological polar surface area (TPSA) is 95.9 Å². The molecule has 3 unspecified atom stereocenters. The van der Waals surface area contributed by atoms with E-state index in [2.05, 4.69) is 86.8 Å². The summed E-state index contributed by atoms with van der Waals surface area (Å²) >= 11 is 0. The molecule has 6 heteroatoms. The van der Waals surface area contributed by atoms with Gasteiger partial charge in [0.25, 0.3) is 0 Å². The predicted octanol–water partition coefficient (Wildman–Crippen LogP) is 15.2. The van der Waals surface area contributed by atoms with Crippen molar-refractivity contribution >= 4 is 11.9 Å². The maximum absolute atomic E-state index is 13.2. The van der Waals surface area contributed by atoms with Crippen LogP contribution in [0.3, 0.4) is 0 Å². The third-order valence-electron chi connectivity index (χ3n) is 11.4. The van der Waals surface area contributed by atoms with E-state index in [1.54, 1.807) is 0 Å². The highest BCUT2D eigenvalue weighted by molar-refractivity contribution is 5.77. The van der Waals surface area contributed by atoms with E-state index in [0.29, 0.717) is 19.3 Å². The first kappa shape index (κ1) is 57.6. The highest BCUT2D eigenvalue weighted by atomic mass is 16.5. The first-order valence-corrected chi connectivity index (χ1v) is 25.5. The second-order valence-electron chi connectivity index (χ2n) is 17.2. The maximum Gasteiger partial charge on any atom is 0.306 e. The summed E-state index contributed by atoms with van der Waals surface area (Å²) in [6, 6.07) is -0.709. The van der Waals surface area contributed by atoms with Gasteiger partial charge in [-0.2, -0.15) is 0 Å². The molecule has 0 saturated heterocycles. The summed E-state index contributed by atoms with van der Waals surface area (Å²) in [5, 5.41) is 23.7. The molecule has 0 bridgehead atoms. The normalized spacial score (nSPS) is 13.8. The zero-order valence-corrected chi connectivity index (χ0v) is 39.6. The molecule has 0 radical (unpaired) electrons. The Balaban J connectivity index is 4.64. The van der Waals surface area contributed by atoms with Gasteiger partial charge in [-0.1, -0.05) is 216 Å². The maximum atomic E-state index is 13.2. The van der Waals surface area contributed by atoms with Gasteiger partial charge in [0, 0.05) is 6.42 Å². The van der Waals surface area contributed by atoms with Crippen molar-refractivity contribution in [1.82, 2.24) is 5.32 Å². The number of carbonyl (C=O) groups is 2. The van der Waals surface area contributed by atoms with Gasteiger partial charge in [-0.05, 0) is 77.0 Å². The van der Waals surface area contributed by atoms with Crippen LogP contribution < -0.4 is 5.32 Å². The number of allylic oxidation sites excluding steroid dienone is 10. The number of aliphatic hydroxyl groups excluding tert-OH is 2. The lowest BCUT2D eigenvalue weighted by Crippen LogP contribution is -2.46. The lowest BCUT2D eigenvalue weighted by Gasteiger charge is -2.24. The first-order valence-electron chi connectivity index (χ1n) is 25.5. The Hall–Kier alpha value is -2.44. The minimum Gasteiger partial charge on any atom is -0.462 e. The zero-order valence-electron chi connectivity index (χ0n) is 39.6. The Morgan fingerprint density at radius 3 is 1.52 bits per heavy atom. The minimum absolute atomic E-state index is 0.0621. The van der Waals surface area contributed by atoms with Crippen molar-refractivity contribution in [2.75, 3.05) is 6.61 Å².